The second kappa shape index (κ2) is 5.64. The minimum atomic E-state index is -0.639. The van der Waals surface area contributed by atoms with Gasteiger partial charge in [-0.05, 0) is 51.6 Å². The standard InChI is InChI=1S/C12H21NO3/c14-12(15)9-1-3-10(4-2-9)16-11-5-7-13-8-6-11/h9-11,13H,1-8H2,(H,14,15). The number of ether oxygens (including phenoxy) is 1. The van der Waals surface area contributed by atoms with Crippen LogP contribution in [0.3, 0.4) is 0 Å². The van der Waals surface area contributed by atoms with Gasteiger partial charge in [-0.25, -0.2) is 0 Å². The second-order valence-corrected chi connectivity index (χ2v) is 4.90. The Kier molecular flexibility index (Phi) is 4.18. The van der Waals surface area contributed by atoms with Gasteiger partial charge in [0.1, 0.15) is 0 Å². The van der Waals surface area contributed by atoms with Gasteiger partial charge in [0.05, 0.1) is 18.1 Å². The highest BCUT2D eigenvalue weighted by Crippen LogP contribution is 2.28. The van der Waals surface area contributed by atoms with Crippen LogP contribution < -0.4 is 5.32 Å². The van der Waals surface area contributed by atoms with Crippen LogP contribution in [0.5, 0.6) is 0 Å². The van der Waals surface area contributed by atoms with E-state index in [0.717, 1.165) is 51.6 Å². The van der Waals surface area contributed by atoms with E-state index in [1.807, 2.05) is 0 Å². The Morgan fingerprint density at radius 3 is 2.12 bits per heavy atom. The first-order valence-corrected chi connectivity index (χ1v) is 6.34. The topological polar surface area (TPSA) is 58.6 Å². The average molecular weight is 227 g/mol. The maximum atomic E-state index is 10.8. The molecule has 1 saturated heterocycles. The van der Waals surface area contributed by atoms with Crippen molar-refractivity contribution < 1.29 is 14.6 Å². The highest BCUT2D eigenvalue weighted by Gasteiger charge is 2.28. The third kappa shape index (κ3) is 3.19. The molecule has 0 unspecified atom stereocenters. The summed E-state index contributed by atoms with van der Waals surface area (Å²) >= 11 is 0. The van der Waals surface area contributed by atoms with Crippen molar-refractivity contribution in [1.82, 2.24) is 5.32 Å². The van der Waals surface area contributed by atoms with Gasteiger partial charge < -0.3 is 15.2 Å². The summed E-state index contributed by atoms with van der Waals surface area (Å²) in [5.41, 5.74) is 0. The molecule has 2 rings (SSSR count). The Labute approximate surface area is 96.4 Å². The van der Waals surface area contributed by atoms with Gasteiger partial charge in [-0.2, -0.15) is 0 Å². The lowest BCUT2D eigenvalue weighted by Crippen LogP contribution is -2.36. The molecule has 2 aliphatic rings. The fourth-order valence-electron chi connectivity index (χ4n) is 2.65. The predicted molar refractivity (Wildman–Crippen MR) is 60.4 cm³/mol. The van der Waals surface area contributed by atoms with Gasteiger partial charge in [0, 0.05) is 0 Å². The van der Waals surface area contributed by atoms with Gasteiger partial charge in [0.15, 0.2) is 0 Å². The first kappa shape index (κ1) is 11.9. The van der Waals surface area contributed by atoms with Crippen molar-refractivity contribution in [2.45, 2.75) is 50.7 Å². The summed E-state index contributed by atoms with van der Waals surface area (Å²) in [5.74, 6) is -0.770. The number of nitrogens with one attached hydrogen (secondary N) is 1. The molecular formula is C12H21NO3. The highest BCUT2D eigenvalue weighted by atomic mass is 16.5. The van der Waals surface area contributed by atoms with E-state index in [2.05, 4.69) is 5.32 Å². The average Bonchev–Trinajstić information content (AvgIpc) is 2.31. The van der Waals surface area contributed by atoms with Crippen molar-refractivity contribution in [3.05, 3.63) is 0 Å². The number of carboxylic acids is 1. The van der Waals surface area contributed by atoms with Crippen LogP contribution in [0.2, 0.25) is 0 Å². The van der Waals surface area contributed by atoms with Gasteiger partial charge in [0.25, 0.3) is 0 Å². The van der Waals surface area contributed by atoms with E-state index in [1.165, 1.54) is 0 Å². The molecule has 0 atom stereocenters. The zero-order chi connectivity index (χ0) is 11.4. The van der Waals surface area contributed by atoms with E-state index < -0.39 is 5.97 Å². The summed E-state index contributed by atoms with van der Waals surface area (Å²) < 4.78 is 6.03. The fourth-order valence-corrected chi connectivity index (χ4v) is 2.65. The molecule has 0 aromatic carbocycles. The number of aliphatic carboxylic acids is 1. The maximum Gasteiger partial charge on any atom is 0.306 e. The molecule has 4 nitrogen and oxygen atoms in total. The molecule has 1 aliphatic carbocycles. The summed E-state index contributed by atoms with van der Waals surface area (Å²) in [5, 5.41) is 12.2. The van der Waals surface area contributed by atoms with E-state index >= 15 is 0 Å². The maximum absolute atomic E-state index is 10.8. The molecule has 1 saturated carbocycles. The highest BCUT2D eigenvalue weighted by molar-refractivity contribution is 5.70. The second-order valence-electron chi connectivity index (χ2n) is 4.90. The number of piperidine rings is 1. The Balaban J connectivity index is 1.70. The van der Waals surface area contributed by atoms with Crippen molar-refractivity contribution >= 4 is 5.97 Å². The van der Waals surface area contributed by atoms with Gasteiger partial charge in [0.2, 0.25) is 0 Å². The van der Waals surface area contributed by atoms with Gasteiger partial charge in [-0.15, -0.1) is 0 Å². The molecule has 0 bridgehead atoms. The first-order chi connectivity index (χ1) is 7.75. The first-order valence-electron chi connectivity index (χ1n) is 6.34. The fraction of sp³-hybridized carbons (Fsp3) is 0.917. The zero-order valence-electron chi connectivity index (χ0n) is 9.65. The predicted octanol–water partition coefficient (Wildman–Crippen LogP) is 1.40. The Bertz CT molecular complexity index is 230. The third-order valence-electron chi connectivity index (χ3n) is 3.69. The monoisotopic (exact) mass is 227 g/mol. The van der Waals surface area contributed by atoms with Crippen LogP contribution in [0, 0.1) is 5.92 Å². The Morgan fingerprint density at radius 2 is 1.56 bits per heavy atom. The molecule has 0 aromatic rings. The molecule has 0 amide bonds. The van der Waals surface area contributed by atoms with Crippen LogP contribution in [0.4, 0.5) is 0 Å². The number of carbonyl (C=O) groups is 1. The summed E-state index contributed by atoms with van der Waals surface area (Å²) in [6.07, 6.45) is 6.29. The van der Waals surface area contributed by atoms with E-state index in [-0.39, 0.29) is 5.92 Å². The van der Waals surface area contributed by atoms with Crippen LogP contribution in [0.25, 0.3) is 0 Å². The van der Waals surface area contributed by atoms with Crippen molar-refractivity contribution in [3.63, 3.8) is 0 Å². The third-order valence-corrected chi connectivity index (χ3v) is 3.69. The molecule has 92 valence electrons. The Hall–Kier alpha value is -0.610. The summed E-state index contributed by atoms with van der Waals surface area (Å²) in [6, 6.07) is 0. The lowest BCUT2D eigenvalue weighted by atomic mass is 9.87. The quantitative estimate of drug-likeness (QED) is 0.765. The number of carboxylic acid groups (broad SMARTS) is 1. The van der Waals surface area contributed by atoms with Crippen LogP contribution in [0.15, 0.2) is 0 Å². The molecule has 2 N–H and O–H groups in total. The van der Waals surface area contributed by atoms with Crippen LogP contribution in [0.1, 0.15) is 38.5 Å². The number of rotatable bonds is 3. The van der Waals surface area contributed by atoms with Gasteiger partial charge >= 0.3 is 5.97 Å². The normalized spacial score (nSPS) is 32.5. The minimum Gasteiger partial charge on any atom is -0.481 e. The summed E-state index contributed by atoms with van der Waals surface area (Å²) in [6.45, 7) is 2.10. The van der Waals surface area contributed by atoms with E-state index in [0.29, 0.717) is 12.2 Å². The van der Waals surface area contributed by atoms with Crippen LogP contribution in [-0.2, 0) is 9.53 Å². The largest absolute Gasteiger partial charge is 0.481 e. The molecule has 0 aromatic heterocycles. The SMILES string of the molecule is O=C(O)C1CCC(OC2CCNCC2)CC1. The molecule has 1 aliphatic heterocycles. The molecule has 0 spiro atoms. The smallest absolute Gasteiger partial charge is 0.306 e. The van der Waals surface area contributed by atoms with Crippen LogP contribution >= 0.6 is 0 Å². The van der Waals surface area contributed by atoms with E-state index in [4.69, 9.17) is 9.84 Å². The lowest BCUT2D eigenvalue weighted by molar-refractivity contribution is -0.144. The van der Waals surface area contributed by atoms with Crippen LogP contribution in [-0.4, -0.2) is 36.4 Å². The molecule has 1 heterocycles. The van der Waals surface area contributed by atoms with Crippen molar-refractivity contribution in [2.75, 3.05) is 13.1 Å². The number of hydrogen-bond donors (Lipinski definition) is 2. The molecule has 16 heavy (non-hydrogen) atoms. The van der Waals surface area contributed by atoms with Gasteiger partial charge in [-0.1, -0.05) is 0 Å². The zero-order valence-corrected chi connectivity index (χ0v) is 9.65. The van der Waals surface area contributed by atoms with E-state index in [9.17, 15) is 4.79 Å². The number of hydrogen-bond acceptors (Lipinski definition) is 3. The minimum absolute atomic E-state index is 0.132. The summed E-state index contributed by atoms with van der Waals surface area (Å²) in [7, 11) is 0. The van der Waals surface area contributed by atoms with Gasteiger partial charge in [-0.3, -0.25) is 4.79 Å². The van der Waals surface area contributed by atoms with Crippen molar-refractivity contribution in [3.8, 4) is 0 Å². The molecular weight excluding hydrogens is 206 g/mol. The Morgan fingerprint density at radius 1 is 1.00 bits per heavy atom. The molecule has 2 fully saturated rings. The molecule has 4 heteroatoms. The van der Waals surface area contributed by atoms with E-state index in [1.54, 1.807) is 0 Å². The van der Waals surface area contributed by atoms with Crippen molar-refractivity contribution in [2.24, 2.45) is 5.92 Å². The summed E-state index contributed by atoms with van der Waals surface area (Å²) in [4.78, 5) is 10.8. The van der Waals surface area contributed by atoms with Crippen molar-refractivity contribution in [1.29, 1.82) is 0 Å². The lowest BCUT2D eigenvalue weighted by Gasteiger charge is -2.31. The molecule has 0 radical (unpaired) electrons.